The molecule has 3 rings (SSSR count). The van der Waals surface area contributed by atoms with Crippen LogP contribution >= 0.6 is 0 Å². The maximum Gasteiger partial charge on any atom is 0.225 e. The molecule has 0 radical (unpaired) electrons. The highest BCUT2D eigenvalue weighted by Gasteiger charge is 2.25. The monoisotopic (exact) mass is 364 g/mol. The Morgan fingerprint density at radius 1 is 1.19 bits per heavy atom. The molecule has 1 saturated heterocycles. The van der Waals surface area contributed by atoms with Crippen molar-refractivity contribution in [1.29, 1.82) is 0 Å². The molecule has 0 aromatic carbocycles. The van der Waals surface area contributed by atoms with Gasteiger partial charge in [-0.2, -0.15) is 4.98 Å². The summed E-state index contributed by atoms with van der Waals surface area (Å²) in [6.45, 7) is 8.44. The molecule has 2 aromatic rings. The predicted octanol–water partition coefficient (Wildman–Crippen LogP) is 1.47. The molecule has 0 saturated carbocycles. The third kappa shape index (κ3) is 4.34. The molecule has 0 bridgehead atoms. The number of aryl methyl sites for hydroxylation is 1. The molecule has 0 aliphatic carbocycles. The fourth-order valence-electron chi connectivity index (χ4n) is 3.03. The zero-order valence-corrected chi connectivity index (χ0v) is 15.9. The zero-order valence-electron chi connectivity index (χ0n) is 15.9. The third-order valence-electron chi connectivity index (χ3n) is 4.47. The first-order valence-corrected chi connectivity index (χ1v) is 9.05. The highest BCUT2D eigenvalue weighted by molar-refractivity contribution is 5.78. The van der Waals surface area contributed by atoms with Gasteiger partial charge in [-0.15, -0.1) is 0 Å². The lowest BCUT2D eigenvalue weighted by Gasteiger charge is -2.36. The van der Waals surface area contributed by atoms with E-state index in [0.717, 1.165) is 22.6 Å². The Labute approximate surface area is 159 Å². The molecule has 27 heavy (non-hydrogen) atoms. The number of carbonyl (C=O) groups is 1. The van der Waals surface area contributed by atoms with E-state index < -0.39 is 0 Å². The molecular weight excluding hydrogens is 340 g/mol. The number of amides is 1. The van der Waals surface area contributed by atoms with Crippen LogP contribution in [0.5, 0.6) is 0 Å². The molecule has 0 unspecified atom stereocenters. The summed E-state index contributed by atoms with van der Waals surface area (Å²) in [5.74, 6) is 7.45. The van der Waals surface area contributed by atoms with Gasteiger partial charge in [0.05, 0.1) is 11.3 Å². The van der Waals surface area contributed by atoms with Crippen LogP contribution in [0.4, 0.5) is 11.8 Å². The number of nitrogens with two attached hydrogens (primary N) is 1. The SMILES string of the molecule is Cc1nc(N)nc(N2CCN(C(=O)C(C)C)CC2)c1C#Cc1cccnc1. The Hall–Kier alpha value is -3.14. The largest absolute Gasteiger partial charge is 0.368 e. The highest BCUT2D eigenvalue weighted by atomic mass is 16.2. The molecule has 1 aliphatic rings. The Morgan fingerprint density at radius 3 is 2.56 bits per heavy atom. The summed E-state index contributed by atoms with van der Waals surface area (Å²) in [4.78, 5) is 29.0. The van der Waals surface area contributed by atoms with E-state index in [9.17, 15) is 4.79 Å². The van der Waals surface area contributed by atoms with Gasteiger partial charge >= 0.3 is 0 Å². The molecule has 0 atom stereocenters. The Balaban J connectivity index is 1.86. The number of pyridine rings is 1. The van der Waals surface area contributed by atoms with Gasteiger partial charge in [-0.05, 0) is 19.1 Å². The van der Waals surface area contributed by atoms with Gasteiger partial charge in [0.1, 0.15) is 5.82 Å². The minimum Gasteiger partial charge on any atom is -0.368 e. The van der Waals surface area contributed by atoms with Crippen molar-refractivity contribution in [1.82, 2.24) is 19.9 Å². The van der Waals surface area contributed by atoms with Gasteiger partial charge in [-0.25, -0.2) is 4.98 Å². The lowest BCUT2D eigenvalue weighted by atomic mass is 10.1. The summed E-state index contributed by atoms with van der Waals surface area (Å²) in [7, 11) is 0. The van der Waals surface area contributed by atoms with Crippen LogP contribution in [0.25, 0.3) is 0 Å². The maximum atomic E-state index is 12.2. The van der Waals surface area contributed by atoms with E-state index in [0.29, 0.717) is 26.2 Å². The van der Waals surface area contributed by atoms with Crippen LogP contribution in [0.2, 0.25) is 0 Å². The number of anilines is 2. The first-order valence-electron chi connectivity index (χ1n) is 9.05. The number of carbonyl (C=O) groups excluding carboxylic acids is 1. The van der Waals surface area contributed by atoms with Gasteiger partial charge in [0.25, 0.3) is 0 Å². The number of hydrogen-bond acceptors (Lipinski definition) is 6. The van der Waals surface area contributed by atoms with Gasteiger partial charge in [0.15, 0.2) is 0 Å². The summed E-state index contributed by atoms with van der Waals surface area (Å²) in [5.41, 5.74) is 8.22. The Morgan fingerprint density at radius 2 is 1.93 bits per heavy atom. The first kappa shape index (κ1) is 18.6. The van der Waals surface area contributed by atoms with Crippen LogP contribution in [0, 0.1) is 24.7 Å². The summed E-state index contributed by atoms with van der Waals surface area (Å²) < 4.78 is 0. The minimum atomic E-state index is 0.00870. The van der Waals surface area contributed by atoms with Crippen molar-refractivity contribution in [2.45, 2.75) is 20.8 Å². The highest BCUT2D eigenvalue weighted by Crippen LogP contribution is 2.22. The van der Waals surface area contributed by atoms with E-state index in [1.807, 2.05) is 37.8 Å². The summed E-state index contributed by atoms with van der Waals surface area (Å²) in [6, 6.07) is 3.76. The molecule has 140 valence electrons. The summed E-state index contributed by atoms with van der Waals surface area (Å²) in [5, 5.41) is 0. The third-order valence-corrected chi connectivity index (χ3v) is 4.47. The maximum absolute atomic E-state index is 12.2. The van der Waals surface area contributed by atoms with Gasteiger partial charge in [0.2, 0.25) is 11.9 Å². The normalized spacial score (nSPS) is 14.1. The van der Waals surface area contributed by atoms with Crippen molar-refractivity contribution in [3.63, 3.8) is 0 Å². The molecule has 3 heterocycles. The molecule has 1 amide bonds. The Bertz CT molecular complexity index is 877. The fraction of sp³-hybridized carbons (Fsp3) is 0.400. The zero-order chi connectivity index (χ0) is 19.4. The molecule has 7 nitrogen and oxygen atoms in total. The van der Waals surface area contributed by atoms with Crippen molar-refractivity contribution in [3.8, 4) is 11.8 Å². The number of piperazine rings is 1. The average molecular weight is 364 g/mol. The van der Waals surface area contributed by atoms with Crippen LogP contribution < -0.4 is 10.6 Å². The van der Waals surface area contributed by atoms with Crippen LogP contribution in [0.3, 0.4) is 0 Å². The number of hydrogen-bond donors (Lipinski definition) is 1. The van der Waals surface area contributed by atoms with E-state index in [1.54, 1.807) is 12.4 Å². The summed E-state index contributed by atoms with van der Waals surface area (Å²) in [6.07, 6.45) is 3.43. The molecular formula is C20H24N6O. The molecule has 2 aromatic heterocycles. The van der Waals surface area contributed by atoms with Crippen molar-refractivity contribution in [2.24, 2.45) is 5.92 Å². The van der Waals surface area contributed by atoms with Gasteiger partial charge < -0.3 is 15.5 Å². The van der Waals surface area contributed by atoms with Crippen LogP contribution in [0.1, 0.15) is 30.7 Å². The second-order valence-electron chi connectivity index (χ2n) is 6.82. The number of nitrogen functional groups attached to an aromatic ring is 1. The fourth-order valence-corrected chi connectivity index (χ4v) is 3.03. The smallest absolute Gasteiger partial charge is 0.225 e. The van der Waals surface area contributed by atoms with E-state index in [1.165, 1.54) is 0 Å². The van der Waals surface area contributed by atoms with Crippen molar-refractivity contribution in [2.75, 3.05) is 36.8 Å². The van der Waals surface area contributed by atoms with E-state index in [-0.39, 0.29) is 17.8 Å². The summed E-state index contributed by atoms with van der Waals surface area (Å²) >= 11 is 0. The van der Waals surface area contributed by atoms with Gasteiger partial charge in [-0.1, -0.05) is 25.7 Å². The van der Waals surface area contributed by atoms with E-state index >= 15 is 0 Å². The van der Waals surface area contributed by atoms with Crippen molar-refractivity contribution < 1.29 is 4.79 Å². The van der Waals surface area contributed by atoms with Crippen molar-refractivity contribution in [3.05, 3.63) is 41.3 Å². The molecule has 7 heteroatoms. The van der Waals surface area contributed by atoms with Crippen LogP contribution in [-0.4, -0.2) is 51.9 Å². The molecule has 1 aliphatic heterocycles. The van der Waals surface area contributed by atoms with E-state index in [4.69, 9.17) is 5.73 Å². The number of aromatic nitrogens is 3. The average Bonchev–Trinajstić information content (AvgIpc) is 2.67. The topological polar surface area (TPSA) is 88.2 Å². The predicted molar refractivity (Wildman–Crippen MR) is 105 cm³/mol. The molecule has 1 fully saturated rings. The molecule has 0 spiro atoms. The molecule has 2 N–H and O–H groups in total. The minimum absolute atomic E-state index is 0.00870. The van der Waals surface area contributed by atoms with E-state index in [2.05, 4.69) is 31.7 Å². The van der Waals surface area contributed by atoms with Crippen LogP contribution in [-0.2, 0) is 4.79 Å². The van der Waals surface area contributed by atoms with Gasteiger partial charge in [-0.3, -0.25) is 9.78 Å². The number of nitrogens with zero attached hydrogens (tertiary/aromatic N) is 5. The lowest BCUT2D eigenvalue weighted by Crippen LogP contribution is -2.50. The Kier molecular flexibility index (Phi) is 5.55. The second-order valence-corrected chi connectivity index (χ2v) is 6.82. The van der Waals surface area contributed by atoms with Gasteiger partial charge in [0, 0.05) is 50.1 Å². The lowest BCUT2D eigenvalue weighted by molar-refractivity contribution is -0.134. The first-order chi connectivity index (χ1) is 13.0. The second kappa shape index (κ2) is 8.04. The van der Waals surface area contributed by atoms with Crippen LogP contribution in [0.15, 0.2) is 24.5 Å². The standard InChI is InChI=1S/C20H24N6O/c1-14(2)19(27)26-11-9-25(10-12-26)18-17(15(3)23-20(21)24-18)7-6-16-5-4-8-22-13-16/h4-5,8,13-14H,9-12H2,1-3H3,(H2,21,23,24). The van der Waals surface area contributed by atoms with Crippen molar-refractivity contribution >= 4 is 17.7 Å². The quantitative estimate of drug-likeness (QED) is 0.812. The number of rotatable bonds is 2.